The van der Waals surface area contributed by atoms with Crippen LogP contribution in [-0.2, 0) is 6.42 Å². The summed E-state index contributed by atoms with van der Waals surface area (Å²) in [4.78, 5) is 0. The number of benzene rings is 1. The van der Waals surface area contributed by atoms with Crippen LogP contribution in [0.25, 0.3) is 0 Å². The predicted molar refractivity (Wildman–Crippen MR) is 119 cm³/mol. The van der Waals surface area contributed by atoms with E-state index in [9.17, 15) is 0 Å². The Morgan fingerprint density at radius 3 is 2.11 bits per heavy atom. The fourth-order valence-corrected chi connectivity index (χ4v) is 5.40. The van der Waals surface area contributed by atoms with Crippen LogP contribution in [0, 0.1) is 17.8 Å². The van der Waals surface area contributed by atoms with Gasteiger partial charge >= 0.3 is 0 Å². The minimum absolute atomic E-state index is 0.659. The number of rotatable bonds is 9. The van der Waals surface area contributed by atoms with Crippen molar-refractivity contribution in [1.29, 1.82) is 0 Å². The number of hydrogen-bond acceptors (Lipinski definition) is 0. The van der Waals surface area contributed by atoms with Gasteiger partial charge in [-0.3, -0.25) is 0 Å². The summed E-state index contributed by atoms with van der Waals surface area (Å²) < 4.78 is 0. The third-order valence-corrected chi connectivity index (χ3v) is 7.45. The highest BCUT2D eigenvalue weighted by molar-refractivity contribution is 5.29. The zero-order valence-corrected chi connectivity index (χ0v) is 18.0. The molecule has 3 rings (SSSR count). The van der Waals surface area contributed by atoms with E-state index in [2.05, 4.69) is 50.3 Å². The van der Waals surface area contributed by atoms with Crippen molar-refractivity contribution in [2.24, 2.45) is 17.8 Å². The van der Waals surface area contributed by atoms with Gasteiger partial charge in [0.15, 0.2) is 0 Å². The van der Waals surface area contributed by atoms with Crippen molar-refractivity contribution >= 4 is 0 Å². The summed E-state index contributed by atoms with van der Waals surface area (Å²) in [7, 11) is 0. The second-order valence-corrected chi connectivity index (χ2v) is 9.33. The summed E-state index contributed by atoms with van der Waals surface area (Å²) in [5.41, 5.74) is 3.06. The Hall–Kier alpha value is -1.04. The molecule has 150 valence electrons. The first-order chi connectivity index (χ1) is 13.3. The first kappa shape index (κ1) is 20.7. The van der Waals surface area contributed by atoms with Crippen molar-refractivity contribution in [3.05, 3.63) is 47.5 Å². The summed E-state index contributed by atoms with van der Waals surface area (Å²) in [6, 6.07) is 9.59. The molecule has 0 spiro atoms. The third-order valence-electron chi connectivity index (χ3n) is 7.45. The maximum absolute atomic E-state index is 2.59. The number of aryl methyl sites for hydroxylation is 1. The summed E-state index contributed by atoms with van der Waals surface area (Å²) in [6.07, 6.45) is 23.3. The quantitative estimate of drug-likeness (QED) is 0.304. The van der Waals surface area contributed by atoms with Crippen molar-refractivity contribution in [3.8, 4) is 0 Å². The van der Waals surface area contributed by atoms with E-state index >= 15 is 0 Å². The first-order valence-electron chi connectivity index (χ1n) is 12.1. The molecule has 0 nitrogen and oxygen atoms in total. The molecule has 0 saturated heterocycles. The van der Waals surface area contributed by atoms with Crippen LogP contribution in [0.5, 0.6) is 0 Å². The van der Waals surface area contributed by atoms with Crippen LogP contribution in [0.1, 0.15) is 108 Å². The van der Waals surface area contributed by atoms with Crippen molar-refractivity contribution in [3.63, 3.8) is 0 Å². The molecular formula is C27H42. The first-order valence-corrected chi connectivity index (χ1v) is 12.1. The second kappa shape index (κ2) is 11.1. The Bertz CT molecular complexity index is 544. The molecule has 0 aliphatic heterocycles. The lowest BCUT2D eigenvalue weighted by Crippen LogP contribution is -2.22. The largest absolute Gasteiger partial charge is 0.0845 e. The van der Waals surface area contributed by atoms with E-state index in [1.165, 1.54) is 94.6 Å². The van der Waals surface area contributed by atoms with Gasteiger partial charge in [-0.1, -0.05) is 95.2 Å². The SMILES string of the molecule is CCCCCCCc1ccc(C2C=CC(C3CCC(CC)CC3)CC2)cc1. The van der Waals surface area contributed by atoms with Gasteiger partial charge in [0.25, 0.3) is 0 Å². The van der Waals surface area contributed by atoms with E-state index in [-0.39, 0.29) is 0 Å². The molecule has 0 aromatic heterocycles. The molecule has 0 heteroatoms. The van der Waals surface area contributed by atoms with Gasteiger partial charge in [0.1, 0.15) is 0 Å². The van der Waals surface area contributed by atoms with Crippen LogP contribution >= 0.6 is 0 Å². The Labute approximate surface area is 168 Å². The summed E-state index contributed by atoms with van der Waals surface area (Å²) in [5.74, 6) is 3.51. The Morgan fingerprint density at radius 1 is 0.741 bits per heavy atom. The minimum Gasteiger partial charge on any atom is -0.0845 e. The maximum atomic E-state index is 2.59. The highest BCUT2D eigenvalue weighted by Crippen LogP contribution is 2.41. The molecule has 2 unspecified atom stereocenters. The highest BCUT2D eigenvalue weighted by atomic mass is 14.3. The van der Waals surface area contributed by atoms with Crippen LogP contribution in [-0.4, -0.2) is 0 Å². The van der Waals surface area contributed by atoms with Crippen molar-refractivity contribution < 1.29 is 0 Å². The molecule has 0 N–H and O–H groups in total. The molecule has 2 atom stereocenters. The zero-order valence-electron chi connectivity index (χ0n) is 18.0. The van der Waals surface area contributed by atoms with E-state index < -0.39 is 0 Å². The average molecular weight is 367 g/mol. The van der Waals surface area contributed by atoms with Crippen LogP contribution in [0.2, 0.25) is 0 Å². The number of unbranched alkanes of at least 4 members (excludes halogenated alkanes) is 4. The molecule has 0 radical (unpaired) electrons. The molecule has 0 heterocycles. The highest BCUT2D eigenvalue weighted by Gasteiger charge is 2.28. The molecule has 2 aliphatic carbocycles. The molecule has 0 bridgehead atoms. The van der Waals surface area contributed by atoms with Gasteiger partial charge in [-0.15, -0.1) is 0 Å². The standard InChI is InChI=1S/C27H42/c1-3-5-6-7-8-9-23-12-16-25(17-13-23)27-20-18-26(19-21-27)24-14-10-22(4-2)11-15-24/h12-13,16-18,20,22,24,26-27H,3-11,14-15,19,21H2,1-2H3. The smallest absolute Gasteiger partial charge is 0.00182 e. The number of allylic oxidation sites excluding steroid dienone is 2. The van der Waals surface area contributed by atoms with Gasteiger partial charge in [-0.2, -0.15) is 0 Å². The predicted octanol–water partition coefficient (Wildman–Crippen LogP) is 8.47. The molecule has 1 fully saturated rings. The van der Waals surface area contributed by atoms with E-state index in [4.69, 9.17) is 0 Å². The van der Waals surface area contributed by atoms with E-state index in [0.29, 0.717) is 5.92 Å². The van der Waals surface area contributed by atoms with E-state index in [0.717, 1.165) is 17.8 Å². The van der Waals surface area contributed by atoms with Crippen molar-refractivity contribution in [2.75, 3.05) is 0 Å². The minimum atomic E-state index is 0.659. The lowest BCUT2D eigenvalue weighted by Gasteiger charge is -2.35. The molecule has 1 saturated carbocycles. The van der Waals surface area contributed by atoms with Crippen LogP contribution < -0.4 is 0 Å². The normalized spacial score (nSPS) is 28.4. The molecule has 1 aromatic carbocycles. The molecule has 1 aromatic rings. The Morgan fingerprint density at radius 2 is 1.48 bits per heavy atom. The fraction of sp³-hybridized carbons (Fsp3) is 0.704. The van der Waals surface area contributed by atoms with E-state index in [1.807, 2.05) is 0 Å². The third kappa shape index (κ3) is 6.23. The molecule has 2 aliphatic rings. The Balaban J connectivity index is 1.44. The Kier molecular flexibility index (Phi) is 8.49. The van der Waals surface area contributed by atoms with Gasteiger partial charge in [-0.25, -0.2) is 0 Å². The summed E-state index contributed by atoms with van der Waals surface area (Å²) >= 11 is 0. The van der Waals surface area contributed by atoms with E-state index in [1.54, 1.807) is 0 Å². The van der Waals surface area contributed by atoms with Crippen LogP contribution in [0.4, 0.5) is 0 Å². The fourth-order valence-electron chi connectivity index (χ4n) is 5.40. The zero-order chi connectivity index (χ0) is 18.9. The number of hydrogen-bond donors (Lipinski definition) is 0. The lowest BCUT2D eigenvalue weighted by molar-refractivity contribution is 0.213. The van der Waals surface area contributed by atoms with Crippen LogP contribution in [0.3, 0.4) is 0 Å². The molecule has 0 amide bonds. The van der Waals surface area contributed by atoms with Crippen LogP contribution in [0.15, 0.2) is 36.4 Å². The maximum Gasteiger partial charge on any atom is 0.00182 e. The van der Waals surface area contributed by atoms with Gasteiger partial charge in [-0.05, 0) is 67.4 Å². The average Bonchev–Trinajstić information content (AvgIpc) is 2.74. The van der Waals surface area contributed by atoms with Gasteiger partial charge in [0, 0.05) is 5.92 Å². The summed E-state index contributed by atoms with van der Waals surface area (Å²) in [6.45, 7) is 4.66. The topological polar surface area (TPSA) is 0 Å². The molecular weight excluding hydrogens is 324 g/mol. The van der Waals surface area contributed by atoms with Gasteiger partial charge < -0.3 is 0 Å². The van der Waals surface area contributed by atoms with Gasteiger partial charge in [0.2, 0.25) is 0 Å². The van der Waals surface area contributed by atoms with Gasteiger partial charge in [0.05, 0.1) is 0 Å². The van der Waals surface area contributed by atoms with Crippen molar-refractivity contribution in [1.82, 2.24) is 0 Å². The van der Waals surface area contributed by atoms with Crippen molar-refractivity contribution in [2.45, 2.75) is 103 Å². The summed E-state index contributed by atoms with van der Waals surface area (Å²) in [5, 5.41) is 0. The molecule has 27 heavy (non-hydrogen) atoms. The second-order valence-electron chi connectivity index (χ2n) is 9.33. The monoisotopic (exact) mass is 366 g/mol. The lowest BCUT2D eigenvalue weighted by atomic mass is 9.71.